The van der Waals surface area contributed by atoms with Crippen molar-refractivity contribution in [1.82, 2.24) is 4.98 Å². The topological polar surface area (TPSA) is 12.9 Å². The van der Waals surface area contributed by atoms with Crippen LogP contribution >= 0.6 is 23.2 Å². The zero-order valence-corrected chi connectivity index (χ0v) is 6.37. The summed E-state index contributed by atoms with van der Waals surface area (Å²) in [5.41, 5.74) is 0.945. The molecule has 0 fully saturated rings. The minimum atomic E-state index is 0.436. The first-order valence-electron chi connectivity index (χ1n) is 2.49. The van der Waals surface area contributed by atoms with E-state index in [-0.39, 0.29) is 0 Å². The molecule has 1 nitrogen and oxygen atoms in total. The highest BCUT2D eigenvalue weighted by molar-refractivity contribution is 6.44. The Morgan fingerprint density at radius 3 is 2.44 bits per heavy atom. The standard InChI is InChI=1S/C5H4BCl2N/c6-3-1-2-4(7)9-5(3)8/h1-2H,6H2. The van der Waals surface area contributed by atoms with Crippen LogP contribution in [0.25, 0.3) is 0 Å². The quantitative estimate of drug-likeness (QED) is 0.400. The van der Waals surface area contributed by atoms with Crippen molar-refractivity contribution in [2.75, 3.05) is 0 Å². The van der Waals surface area contributed by atoms with Gasteiger partial charge in [0.2, 0.25) is 0 Å². The smallest absolute Gasteiger partial charge is 0.143 e. The molecule has 1 rings (SSSR count). The number of nitrogens with zero attached hydrogens (tertiary/aromatic N) is 1. The van der Waals surface area contributed by atoms with Gasteiger partial charge in [0.15, 0.2) is 0 Å². The second-order valence-electron chi connectivity index (χ2n) is 1.74. The normalized spacial score (nSPS) is 9.56. The van der Waals surface area contributed by atoms with E-state index in [1.54, 1.807) is 6.07 Å². The minimum Gasteiger partial charge on any atom is -0.225 e. The van der Waals surface area contributed by atoms with E-state index < -0.39 is 0 Å². The summed E-state index contributed by atoms with van der Waals surface area (Å²) in [5, 5.41) is 0.910. The van der Waals surface area contributed by atoms with Crippen LogP contribution in [0.1, 0.15) is 0 Å². The van der Waals surface area contributed by atoms with Crippen molar-refractivity contribution in [3.05, 3.63) is 22.4 Å². The van der Waals surface area contributed by atoms with Crippen molar-refractivity contribution in [3.63, 3.8) is 0 Å². The van der Waals surface area contributed by atoms with Crippen molar-refractivity contribution in [2.45, 2.75) is 0 Å². The van der Waals surface area contributed by atoms with E-state index in [1.807, 2.05) is 13.9 Å². The molecule has 1 aromatic heterocycles. The summed E-state index contributed by atoms with van der Waals surface area (Å²) >= 11 is 11.1. The van der Waals surface area contributed by atoms with Crippen LogP contribution in [0.5, 0.6) is 0 Å². The summed E-state index contributed by atoms with van der Waals surface area (Å²) in [4.78, 5) is 3.80. The summed E-state index contributed by atoms with van der Waals surface area (Å²) in [5.74, 6) is 0. The molecule has 0 aliphatic carbocycles. The van der Waals surface area contributed by atoms with Gasteiger partial charge in [-0.05, 0) is 6.07 Å². The molecule has 0 atom stereocenters. The lowest BCUT2D eigenvalue weighted by molar-refractivity contribution is 1.35. The zero-order chi connectivity index (χ0) is 6.85. The first kappa shape index (κ1) is 6.91. The molecule has 0 bridgehead atoms. The molecule has 1 heterocycles. The molecule has 1 aromatic rings. The molecule has 9 heavy (non-hydrogen) atoms. The maximum atomic E-state index is 5.62. The Hall–Kier alpha value is -0.205. The first-order chi connectivity index (χ1) is 4.20. The van der Waals surface area contributed by atoms with Gasteiger partial charge in [0.05, 0.1) is 0 Å². The summed E-state index contributed by atoms with van der Waals surface area (Å²) < 4.78 is 0. The number of aromatic nitrogens is 1. The minimum absolute atomic E-state index is 0.436. The van der Waals surface area contributed by atoms with Gasteiger partial charge >= 0.3 is 0 Å². The molecule has 46 valence electrons. The number of pyridine rings is 1. The number of hydrogen-bond donors (Lipinski definition) is 0. The van der Waals surface area contributed by atoms with Gasteiger partial charge in [-0.3, -0.25) is 0 Å². The molecular weight excluding hydrogens is 156 g/mol. The molecule has 0 unspecified atom stereocenters. The maximum Gasteiger partial charge on any atom is 0.143 e. The Morgan fingerprint density at radius 2 is 2.00 bits per heavy atom. The van der Waals surface area contributed by atoms with E-state index in [2.05, 4.69) is 4.98 Å². The van der Waals surface area contributed by atoms with Gasteiger partial charge < -0.3 is 0 Å². The Labute approximate surface area is 64.4 Å². The maximum absolute atomic E-state index is 5.62. The van der Waals surface area contributed by atoms with E-state index in [0.29, 0.717) is 10.3 Å². The van der Waals surface area contributed by atoms with Gasteiger partial charge in [-0.1, -0.05) is 34.7 Å². The lowest BCUT2D eigenvalue weighted by atomic mass is 9.99. The van der Waals surface area contributed by atoms with Crippen LogP contribution < -0.4 is 5.46 Å². The average molecular weight is 160 g/mol. The van der Waals surface area contributed by atoms with Gasteiger partial charge in [-0.15, -0.1) is 0 Å². The predicted molar refractivity (Wildman–Crippen MR) is 42.4 cm³/mol. The summed E-state index contributed by atoms with van der Waals surface area (Å²) in [6.07, 6.45) is 0. The van der Waals surface area contributed by atoms with Gasteiger partial charge in [0.1, 0.15) is 18.2 Å². The van der Waals surface area contributed by atoms with Crippen LogP contribution in [0.4, 0.5) is 0 Å². The van der Waals surface area contributed by atoms with Crippen LogP contribution in [0.15, 0.2) is 12.1 Å². The lowest BCUT2D eigenvalue weighted by Crippen LogP contribution is -2.04. The third-order valence-electron chi connectivity index (χ3n) is 1.00. The molecule has 0 saturated carbocycles. The first-order valence-corrected chi connectivity index (χ1v) is 3.24. The molecule has 4 heteroatoms. The predicted octanol–water partition coefficient (Wildman–Crippen LogP) is 0.647. The second kappa shape index (κ2) is 2.59. The van der Waals surface area contributed by atoms with Crippen molar-refractivity contribution >= 4 is 36.5 Å². The van der Waals surface area contributed by atoms with Gasteiger partial charge in [0.25, 0.3) is 0 Å². The van der Waals surface area contributed by atoms with E-state index >= 15 is 0 Å². The van der Waals surface area contributed by atoms with E-state index in [9.17, 15) is 0 Å². The third kappa shape index (κ3) is 1.60. The van der Waals surface area contributed by atoms with E-state index in [4.69, 9.17) is 23.2 Å². The fraction of sp³-hybridized carbons (Fsp3) is 0. The second-order valence-corrected chi connectivity index (χ2v) is 2.49. The van der Waals surface area contributed by atoms with Crippen LogP contribution in [0, 0.1) is 0 Å². The fourth-order valence-corrected chi connectivity index (χ4v) is 0.827. The molecule has 0 N–H and O–H groups in total. The summed E-state index contributed by atoms with van der Waals surface area (Å²) in [6, 6.07) is 3.54. The highest BCUT2D eigenvalue weighted by Gasteiger charge is 1.94. The zero-order valence-electron chi connectivity index (χ0n) is 4.86. The fourth-order valence-electron chi connectivity index (χ4n) is 0.482. The molecule has 0 aliphatic rings. The van der Waals surface area contributed by atoms with Crippen LogP contribution in [0.2, 0.25) is 10.3 Å². The van der Waals surface area contributed by atoms with E-state index in [0.717, 1.165) is 5.46 Å². The average Bonchev–Trinajstić information content (AvgIpc) is 1.80. The number of hydrogen-bond acceptors (Lipinski definition) is 1. The van der Waals surface area contributed by atoms with Crippen molar-refractivity contribution in [1.29, 1.82) is 0 Å². The van der Waals surface area contributed by atoms with Crippen LogP contribution in [-0.2, 0) is 0 Å². The van der Waals surface area contributed by atoms with Crippen LogP contribution in [0.3, 0.4) is 0 Å². The third-order valence-corrected chi connectivity index (χ3v) is 1.59. The largest absolute Gasteiger partial charge is 0.225 e. The van der Waals surface area contributed by atoms with Gasteiger partial charge in [-0.25, -0.2) is 4.98 Å². The van der Waals surface area contributed by atoms with Gasteiger partial charge in [-0.2, -0.15) is 0 Å². The highest BCUT2D eigenvalue weighted by Crippen LogP contribution is 2.05. The van der Waals surface area contributed by atoms with Crippen molar-refractivity contribution < 1.29 is 0 Å². The van der Waals surface area contributed by atoms with Crippen molar-refractivity contribution in [2.24, 2.45) is 0 Å². The molecular formula is C5H4BCl2N. The molecule has 0 radical (unpaired) electrons. The Balaban J connectivity index is 3.17. The number of rotatable bonds is 0. The molecule has 0 aromatic carbocycles. The van der Waals surface area contributed by atoms with Crippen LogP contribution in [-0.4, -0.2) is 12.8 Å². The molecule has 0 amide bonds. The molecule has 0 aliphatic heterocycles. The Bertz CT molecular complexity index is 226. The summed E-state index contributed by atoms with van der Waals surface area (Å²) in [7, 11) is 1.88. The molecule has 0 saturated heterocycles. The lowest BCUT2D eigenvalue weighted by Gasteiger charge is -1.93. The number of halogens is 2. The Morgan fingerprint density at radius 1 is 1.33 bits per heavy atom. The van der Waals surface area contributed by atoms with Gasteiger partial charge in [0, 0.05) is 0 Å². The monoisotopic (exact) mass is 159 g/mol. The van der Waals surface area contributed by atoms with E-state index in [1.165, 1.54) is 0 Å². The summed E-state index contributed by atoms with van der Waals surface area (Å²) in [6.45, 7) is 0. The highest BCUT2D eigenvalue weighted by atomic mass is 35.5. The van der Waals surface area contributed by atoms with Crippen molar-refractivity contribution in [3.8, 4) is 0 Å². The molecule has 0 spiro atoms. The SMILES string of the molecule is Bc1ccc(Cl)nc1Cl. The Kier molecular flexibility index (Phi) is 1.99.